The minimum absolute atomic E-state index is 0.328. The Morgan fingerprint density at radius 2 is 1.94 bits per heavy atom. The third-order valence-electron chi connectivity index (χ3n) is 2.71. The van der Waals surface area contributed by atoms with Gasteiger partial charge in [0.05, 0.1) is 32.5 Å². The molecule has 0 bridgehead atoms. The summed E-state index contributed by atoms with van der Waals surface area (Å²) in [6, 6.07) is 3.34. The van der Waals surface area contributed by atoms with Crippen LogP contribution in [0.15, 0.2) is 12.1 Å². The number of hydrogen-bond acceptors (Lipinski definition) is 5. The van der Waals surface area contributed by atoms with Crippen molar-refractivity contribution in [3.05, 3.63) is 17.8 Å². The van der Waals surface area contributed by atoms with Gasteiger partial charge in [0.2, 0.25) is 0 Å². The molecule has 6 heteroatoms. The zero-order chi connectivity index (χ0) is 13.3. The smallest absolute Gasteiger partial charge is 0.354 e. The summed E-state index contributed by atoms with van der Waals surface area (Å²) in [6.45, 7) is 0. The van der Waals surface area contributed by atoms with Crippen LogP contribution in [-0.2, 0) is 4.74 Å². The number of benzene rings is 1. The fraction of sp³-hybridized carbons (Fsp3) is 0.250. The molecule has 1 heterocycles. The van der Waals surface area contributed by atoms with Crippen LogP contribution in [0.1, 0.15) is 10.5 Å². The van der Waals surface area contributed by atoms with Gasteiger partial charge in [0.25, 0.3) is 0 Å². The summed E-state index contributed by atoms with van der Waals surface area (Å²) in [6.07, 6.45) is 0. The molecule has 0 atom stereocenters. The topological polar surface area (TPSA) is 86.6 Å². The summed E-state index contributed by atoms with van der Waals surface area (Å²) in [5.41, 5.74) is 7.41. The molecule has 6 nitrogen and oxygen atoms in total. The SMILES string of the molecule is COC(=O)c1cc2c(N)c(OC)c(OC)cc2[nH]1. The fourth-order valence-corrected chi connectivity index (χ4v) is 1.84. The standard InChI is InChI=1S/C12H14N2O4/c1-16-9-5-7-6(10(13)11(9)17-2)4-8(14-7)12(15)18-3/h4-5,14H,13H2,1-3H3. The van der Waals surface area contributed by atoms with Gasteiger partial charge in [0.1, 0.15) is 5.69 Å². The van der Waals surface area contributed by atoms with Gasteiger partial charge in [0, 0.05) is 11.5 Å². The Morgan fingerprint density at radius 1 is 1.22 bits per heavy atom. The molecule has 0 aliphatic carbocycles. The van der Waals surface area contributed by atoms with Crippen LogP contribution in [0.2, 0.25) is 0 Å². The summed E-state index contributed by atoms with van der Waals surface area (Å²) in [5.74, 6) is 0.490. The summed E-state index contributed by atoms with van der Waals surface area (Å²) >= 11 is 0. The van der Waals surface area contributed by atoms with Crippen LogP contribution in [-0.4, -0.2) is 32.3 Å². The van der Waals surface area contributed by atoms with Crippen LogP contribution in [0.4, 0.5) is 5.69 Å². The maximum atomic E-state index is 11.4. The molecule has 0 amide bonds. The van der Waals surface area contributed by atoms with Crippen molar-refractivity contribution in [2.45, 2.75) is 0 Å². The van der Waals surface area contributed by atoms with Gasteiger partial charge in [-0.05, 0) is 6.07 Å². The first-order chi connectivity index (χ1) is 8.62. The lowest BCUT2D eigenvalue weighted by Gasteiger charge is -2.10. The van der Waals surface area contributed by atoms with E-state index in [1.165, 1.54) is 21.3 Å². The highest BCUT2D eigenvalue weighted by atomic mass is 16.5. The van der Waals surface area contributed by atoms with Crippen LogP contribution in [0, 0.1) is 0 Å². The Labute approximate surface area is 104 Å². The number of rotatable bonds is 3. The first kappa shape index (κ1) is 12.1. The van der Waals surface area contributed by atoms with E-state index in [2.05, 4.69) is 9.72 Å². The van der Waals surface area contributed by atoms with Crippen LogP contribution in [0.25, 0.3) is 10.9 Å². The van der Waals surface area contributed by atoms with E-state index in [0.29, 0.717) is 33.8 Å². The minimum Gasteiger partial charge on any atom is -0.493 e. The molecule has 96 valence electrons. The number of ether oxygens (including phenoxy) is 3. The number of hydrogen-bond donors (Lipinski definition) is 2. The number of anilines is 1. The van der Waals surface area contributed by atoms with Gasteiger partial charge >= 0.3 is 5.97 Å². The number of carbonyl (C=O) groups excluding carboxylic acids is 1. The number of nitrogen functional groups attached to an aromatic ring is 1. The Balaban J connectivity index is 2.69. The molecule has 3 N–H and O–H groups in total. The molecule has 18 heavy (non-hydrogen) atoms. The molecule has 0 aliphatic heterocycles. The lowest BCUT2D eigenvalue weighted by Crippen LogP contribution is -2.00. The van der Waals surface area contributed by atoms with Crippen molar-refractivity contribution in [3.8, 4) is 11.5 Å². The Bertz CT molecular complexity index is 604. The molecule has 1 aromatic heterocycles. The van der Waals surface area contributed by atoms with Crippen LogP contribution < -0.4 is 15.2 Å². The number of nitrogens with two attached hydrogens (primary N) is 1. The van der Waals surface area contributed by atoms with Crippen molar-refractivity contribution in [2.24, 2.45) is 0 Å². The van der Waals surface area contributed by atoms with E-state index in [0.717, 1.165) is 0 Å². The molecule has 0 spiro atoms. The molecule has 0 radical (unpaired) electrons. The predicted molar refractivity (Wildman–Crippen MR) is 67.2 cm³/mol. The number of methoxy groups -OCH3 is 3. The normalized spacial score (nSPS) is 10.4. The van der Waals surface area contributed by atoms with E-state index in [1.807, 2.05) is 0 Å². The monoisotopic (exact) mass is 250 g/mol. The molecule has 0 aliphatic rings. The maximum absolute atomic E-state index is 11.4. The van der Waals surface area contributed by atoms with Crippen LogP contribution in [0.5, 0.6) is 11.5 Å². The number of fused-ring (bicyclic) bond motifs is 1. The summed E-state index contributed by atoms with van der Waals surface area (Å²) in [7, 11) is 4.35. The number of H-pyrrole nitrogens is 1. The van der Waals surface area contributed by atoms with E-state index in [4.69, 9.17) is 15.2 Å². The van der Waals surface area contributed by atoms with Crippen molar-refractivity contribution in [2.75, 3.05) is 27.1 Å². The highest BCUT2D eigenvalue weighted by Crippen LogP contribution is 2.39. The average molecular weight is 250 g/mol. The summed E-state index contributed by atoms with van der Waals surface area (Å²) in [5, 5.41) is 0.688. The van der Waals surface area contributed by atoms with Gasteiger partial charge in [-0.15, -0.1) is 0 Å². The molecule has 0 fully saturated rings. The molecule has 2 rings (SSSR count). The van der Waals surface area contributed by atoms with E-state index in [-0.39, 0.29) is 0 Å². The largest absolute Gasteiger partial charge is 0.493 e. The highest BCUT2D eigenvalue weighted by molar-refractivity contribution is 6.02. The molecule has 1 aromatic carbocycles. The van der Waals surface area contributed by atoms with Gasteiger partial charge in [-0.25, -0.2) is 4.79 Å². The Morgan fingerprint density at radius 3 is 2.50 bits per heavy atom. The van der Waals surface area contributed by atoms with Crippen molar-refractivity contribution in [3.63, 3.8) is 0 Å². The van der Waals surface area contributed by atoms with Crippen LogP contribution in [0.3, 0.4) is 0 Å². The third kappa shape index (κ3) is 1.71. The number of esters is 1. The van der Waals surface area contributed by atoms with Gasteiger partial charge < -0.3 is 24.9 Å². The summed E-state index contributed by atoms with van der Waals surface area (Å²) < 4.78 is 15.0. The zero-order valence-corrected chi connectivity index (χ0v) is 10.4. The molecule has 2 aromatic rings. The highest BCUT2D eigenvalue weighted by Gasteiger charge is 2.17. The molecule has 0 saturated heterocycles. The van der Waals surface area contributed by atoms with E-state index in [9.17, 15) is 4.79 Å². The Kier molecular flexibility index (Phi) is 3.01. The number of aromatic nitrogens is 1. The zero-order valence-electron chi connectivity index (χ0n) is 10.4. The lowest BCUT2D eigenvalue weighted by atomic mass is 10.2. The number of nitrogens with one attached hydrogen (secondary N) is 1. The quantitative estimate of drug-likeness (QED) is 0.637. The molecular formula is C12H14N2O4. The average Bonchev–Trinajstić information content (AvgIpc) is 2.81. The number of carbonyl (C=O) groups is 1. The lowest BCUT2D eigenvalue weighted by molar-refractivity contribution is 0.0595. The number of aromatic amines is 1. The fourth-order valence-electron chi connectivity index (χ4n) is 1.84. The Hall–Kier alpha value is -2.37. The second-order valence-corrected chi connectivity index (χ2v) is 3.66. The van der Waals surface area contributed by atoms with E-state index >= 15 is 0 Å². The van der Waals surface area contributed by atoms with E-state index < -0.39 is 5.97 Å². The molecule has 0 saturated carbocycles. The maximum Gasteiger partial charge on any atom is 0.354 e. The van der Waals surface area contributed by atoms with Crippen molar-refractivity contribution < 1.29 is 19.0 Å². The van der Waals surface area contributed by atoms with Gasteiger partial charge in [0.15, 0.2) is 11.5 Å². The first-order valence-corrected chi connectivity index (χ1v) is 5.23. The van der Waals surface area contributed by atoms with E-state index in [1.54, 1.807) is 12.1 Å². The van der Waals surface area contributed by atoms with Crippen molar-refractivity contribution in [1.29, 1.82) is 0 Å². The predicted octanol–water partition coefficient (Wildman–Crippen LogP) is 1.55. The van der Waals surface area contributed by atoms with Gasteiger partial charge in [-0.2, -0.15) is 0 Å². The van der Waals surface area contributed by atoms with Gasteiger partial charge in [-0.1, -0.05) is 0 Å². The second kappa shape index (κ2) is 4.48. The van der Waals surface area contributed by atoms with Gasteiger partial charge in [-0.3, -0.25) is 0 Å². The molecular weight excluding hydrogens is 236 g/mol. The summed E-state index contributed by atoms with van der Waals surface area (Å²) in [4.78, 5) is 14.4. The minimum atomic E-state index is -0.455. The first-order valence-electron chi connectivity index (χ1n) is 5.23. The van der Waals surface area contributed by atoms with Crippen LogP contribution >= 0.6 is 0 Å². The molecule has 0 unspecified atom stereocenters. The third-order valence-corrected chi connectivity index (χ3v) is 2.71. The van der Waals surface area contributed by atoms with Crippen molar-refractivity contribution >= 4 is 22.6 Å². The van der Waals surface area contributed by atoms with Crippen molar-refractivity contribution in [1.82, 2.24) is 4.98 Å². The second-order valence-electron chi connectivity index (χ2n) is 3.66.